The summed E-state index contributed by atoms with van der Waals surface area (Å²) < 4.78 is 0. The van der Waals surface area contributed by atoms with Crippen molar-refractivity contribution in [3.05, 3.63) is 0 Å². The van der Waals surface area contributed by atoms with E-state index in [4.69, 9.17) is 0 Å². The molecule has 1 heterocycles. The SMILES string of the molecule is CCC(C)C(C)N1CCCNCC1C. The van der Waals surface area contributed by atoms with Crippen molar-refractivity contribution >= 4 is 0 Å². The fourth-order valence-corrected chi connectivity index (χ4v) is 2.31. The van der Waals surface area contributed by atoms with Gasteiger partial charge in [0.25, 0.3) is 0 Å². The lowest BCUT2D eigenvalue weighted by atomic mass is 9.98. The number of rotatable bonds is 3. The van der Waals surface area contributed by atoms with E-state index >= 15 is 0 Å². The van der Waals surface area contributed by atoms with Crippen molar-refractivity contribution < 1.29 is 0 Å². The predicted molar refractivity (Wildman–Crippen MR) is 62.6 cm³/mol. The van der Waals surface area contributed by atoms with E-state index in [1.165, 1.54) is 25.9 Å². The van der Waals surface area contributed by atoms with Gasteiger partial charge in [0.05, 0.1) is 0 Å². The first-order chi connectivity index (χ1) is 6.66. The molecular formula is C12H26N2. The molecule has 1 N–H and O–H groups in total. The van der Waals surface area contributed by atoms with Gasteiger partial charge in [0.1, 0.15) is 0 Å². The van der Waals surface area contributed by atoms with E-state index < -0.39 is 0 Å². The first-order valence-electron chi connectivity index (χ1n) is 6.13. The molecule has 1 fully saturated rings. The largest absolute Gasteiger partial charge is 0.315 e. The average Bonchev–Trinajstić information content (AvgIpc) is 2.40. The molecule has 0 aromatic heterocycles. The van der Waals surface area contributed by atoms with Gasteiger partial charge >= 0.3 is 0 Å². The maximum atomic E-state index is 3.50. The van der Waals surface area contributed by atoms with Crippen LogP contribution in [0.2, 0.25) is 0 Å². The monoisotopic (exact) mass is 198 g/mol. The molecular weight excluding hydrogens is 172 g/mol. The minimum atomic E-state index is 0.696. The van der Waals surface area contributed by atoms with Crippen LogP contribution in [0, 0.1) is 5.92 Å². The zero-order valence-electron chi connectivity index (χ0n) is 10.2. The van der Waals surface area contributed by atoms with Gasteiger partial charge in [-0.15, -0.1) is 0 Å². The fourth-order valence-electron chi connectivity index (χ4n) is 2.31. The highest BCUT2D eigenvalue weighted by Gasteiger charge is 2.24. The van der Waals surface area contributed by atoms with Crippen molar-refractivity contribution in [3.8, 4) is 0 Å². The van der Waals surface area contributed by atoms with Crippen LogP contribution in [0.5, 0.6) is 0 Å². The van der Waals surface area contributed by atoms with E-state index in [0.717, 1.165) is 18.5 Å². The summed E-state index contributed by atoms with van der Waals surface area (Å²) in [4.78, 5) is 2.67. The third kappa shape index (κ3) is 2.96. The number of hydrogen-bond donors (Lipinski definition) is 1. The summed E-state index contributed by atoms with van der Waals surface area (Å²) in [6, 6.07) is 1.43. The molecule has 2 nitrogen and oxygen atoms in total. The van der Waals surface area contributed by atoms with E-state index in [2.05, 4.69) is 37.9 Å². The van der Waals surface area contributed by atoms with Crippen molar-refractivity contribution in [2.45, 2.75) is 52.6 Å². The fraction of sp³-hybridized carbons (Fsp3) is 1.00. The molecule has 1 aliphatic heterocycles. The van der Waals surface area contributed by atoms with Gasteiger partial charge in [-0.25, -0.2) is 0 Å². The molecule has 0 aliphatic carbocycles. The van der Waals surface area contributed by atoms with E-state index in [9.17, 15) is 0 Å². The Morgan fingerprint density at radius 1 is 1.43 bits per heavy atom. The Morgan fingerprint density at radius 2 is 2.14 bits per heavy atom. The maximum Gasteiger partial charge on any atom is 0.0195 e. The lowest BCUT2D eigenvalue weighted by Crippen LogP contribution is -2.45. The zero-order valence-corrected chi connectivity index (χ0v) is 10.2. The molecule has 0 radical (unpaired) electrons. The average molecular weight is 198 g/mol. The van der Waals surface area contributed by atoms with E-state index in [-0.39, 0.29) is 0 Å². The third-order valence-electron chi connectivity index (χ3n) is 3.77. The van der Waals surface area contributed by atoms with E-state index in [0.29, 0.717) is 6.04 Å². The van der Waals surface area contributed by atoms with Crippen molar-refractivity contribution in [2.24, 2.45) is 5.92 Å². The smallest absolute Gasteiger partial charge is 0.0195 e. The highest BCUT2D eigenvalue weighted by Crippen LogP contribution is 2.18. The molecule has 0 aromatic carbocycles. The summed E-state index contributed by atoms with van der Waals surface area (Å²) in [6.07, 6.45) is 2.59. The minimum absolute atomic E-state index is 0.696. The van der Waals surface area contributed by atoms with E-state index in [1.54, 1.807) is 0 Å². The van der Waals surface area contributed by atoms with Crippen LogP contribution < -0.4 is 5.32 Å². The maximum absolute atomic E-state index is 3.50. The lowest BCUT2D eigenvalue weighted by molar-refractivity contribution is 0.123. The van der Waals surface area contributed by atoms with Crippen LogP contribution in [0.3, 0.4) is 0 Å². The summed E-state index contributed by atoms with van der Waals surface area (Å²) in [7, 11) is 0. The second kappa shape index (κ2) is 5.72. The first-order valence-corrected chi connectivity index (χ1v) is 6.13. The lowest BCUT2D eigenvalue weighted by Gasteiger charge is -2.36. The Labute approximate surface area is 89.1 Å². The number of nitrogens with one attached hydrogen (secondary N) is 1. The Kier molecular flexibility index (Phi) is 4.90. The molecule has 84 valence electrons. The molecule has 1 aliphatic rings. The van der Waals surface area contributed by atoms with Crippen molar-refractivity contribution in [3.63, 3.8) is 0 Å². The standard InChI is InChI=1S/C12H26N2/c1-5-10(2)12(4)14-8-6-7-13-9-11(14)3/h10-13H,5-9H2,1-4H3. The molecule has 2 heteroatoms. The molecule has 0 spiro atoms. The predicted octanol–water partition coefficient (Wildman–Crippen LogP) is 2.10. The molecule has 1 rings (SSSR count). The first kappa shape index (κ1) is 12.0. The van der Waals surface area contributed by atoms with Crippen LogP contribution >= 0.6 is 0 Å². The molecule has 14 heavy (non-hydrogen) atoms. The second-order valence-electron chi connectivity index (χ2n) is 4.77. The number of hydrogen-bond acceptors (Lipinski definition) is 2. The van der Waals surface area contributed by atoms with Gasteiger partial charge in [0.2, 0.25) is 0 Å². The van der Waals surface area contributed by atoms with Gasteiger partial charge in [-0.05, 0) is 39.3 Å². The Bertz CT molecular complexity index is 158. The topological polar surface area (TPSA) is 15.3 Å². The second-order valence-corrected chi connectivity index (χ2v) is 4.77. The Balaban J connectivity index is 2.53. The molecule has 0 amide bonds. The highest BCUT2D eigenvalue weighted by molar-refractivity contribution is 4.80. The summed E-state index contributed by atoms with van der Waals surface area (Å²) in [5, 5.41) is 3.50. The summed E-state index contributed by atoms with van der Waals surface area (Å²) in [5.41, 5.74) is 0. The summed E-state index contributed by atoms with van der Waals surface area (Å²) >= 11 is 0. The van der Waals surface area contributed by atoms with Crippen LogP contribution in [0.25, 0.3) is 0 Å². The van der Waals surface area contributed by atoms with Gasteiger partial charge in [-0.1, -0.05) is 20.3 Å². The quantitative estimate of drug-likeness (QED) is 0.747. The third-order valence-corrected chi connectivity index (χ3v) is 3.77. The van der Waals surface area contributed by atoms with Gasteiger partial charge in [0.15, 0.2) is 0 Å². The number of nitrogens with zero attached hydrogens (tertiary/aromatic N) is 1. The van der Waals surface area contributed by atoms with Crippen LogP contribution in [0.4, 0.5) is 0 Å². The van der Waals surface area contributed by atoms with Crippen LogP contribution in [0.1, 0.15) is 40.5 Å². The van der Waals surface area contributed by atoms with Crippen molar-refractivity contribution in [1.82, 2.24) is 10.2 Å². The molecule has 0 aromatic rings. The molecule has 3 atom stereocenters. The Morgan fingerprint density at radius 3 is 2.79 bits per heavy atom. The highest BCUT2D eigenvalue weighted by atomic mass is 15.2. The van der Waals surface area contributed by atoms with Gasteiger partial charge in [-0.2, -0.15) is 0 Å². The molecule has 0 saturated carbocycles. The normalized spacial score (nSPS) is 29.6. The summed E-state index contributed by atoms with van der Waals surface area (Å²) in [6.45, 7) is 13.0. The van der Waals surface area contributed by atoms with Gasteiger partial charge < -0.3 is 5.32 Å². The van der Waals surface area contributed by atoms with Crippen molar-refractivity contribution in [2.75, 3.05) is 19.6 Å². The molecule has 0 bridgehead atoms. The minimum Gasteiger partial charge on any atom is -0.315 e. The van der Waals surface area contributed by atoms with Crippen molar-refractivity contribution in [1.29, 1.82) is 0 Å². The Hall–Kier alpha value is -0.0800. The zero-order chi connectivity index (χ0) is 10.6. The van der Waals surface area contributed by atoms with E-state index in [1.807, 2.05) is 0 Å². The van der Waals surface area contributed by atoms with Gasteiger partial charge in [-0.3, -0.25) is 4.90 Å². The molecule has 1 saturated heterocycles. The molecule has 3 unspecified atom stereocenters. The summed E-state index contributed by atoms with van der Waals surface area (Å²) in [5.74, 6) is 0.815. The van der Waals surface area contributed by atoms with Crippen LogP contribution in [-0.2, 0) is 0 Å². The van der Waals surface area contributed by atoms with Crippen LogP contribution in [-0.4, -0.2) is 36.6 Å². The van der Waals surface area contributed by atoms with Gasteiger partial charge in [0, 0.05) is 18.6 Å². The van der Waals surface area contributed by atoms with Crippen LogP contribution in [0.15, 0.2) is 0 Å².